The first-order chi connectivity index (χ1) is 13.1. The van der Waals surface area contributed by atoms with Gasteiger partial charge in [-0.1, -0.05) is 48.5 Å². The molecular weight excluding hydrogens is 356 g/mol. The van der Waals surface area contributed by atoms with Crippen LogP contribution in [0, 0.1) is 0 Å². The van der Waals surface area contributed by atoms with E-state index in [1.807, 2.05) is 30.3 Å². The van der Waals surface area contributed by atoms with Crippen molar-refractivity contribution in [1.82, 2.24) is 25.5 Å². The predicted molar refractivity (Wildman–Crippen MR) is 93.0 cm³/mol. The van der Waals surface area contributed by atoms with Crippen molar-refractivity contribution in [3.8, 4) is 17.1 Å². The zero-order chi connectivity index (χ0) is 19.1. The number of alkyl halides is 2. The van der Waals surface area contributed by atoms with E-state index in [-0.39, 0.29) is 24.7 Å². The van der Waals surface area contributed by atoms with Gasteiger partial charge in [-0.05, 0) is 23.3 Å². The van der Waals surface area contributed by atoms with Crippen LogP contribution in [0.2, 0.25) is 0 Å². The molecule has 0 spiro atoms. The van der Waals surface area contributed by atoms with Crippen LogP contribution in [-0.4, -0.2) is 39.3 Å². The van der Waals surface area contributed by atoms with Crippen LogP contribution in [0.4, 0.5) is 8.78 Å². The molecule has 3 rings (SSSR count). The fourth-order valence-electron chi connectivity index (χ4n) is 2.46. The molecule has 0 atom stereocenters. The van der Waals surface area contributed by atoms with Gasteiger partial charge in [0.1, 0.15) is 12.3 Å². The van der Waals surface area contributed by atoms with Crippen LogP contribution in [0.15, 0.2) is 54.6 Å². The lowest BCUT2D eigenvalue weighted by molar-refractivity contribution is -0.122. The second-order valence-corrected chi connectivity index (χ2v) is 5.60. The molecule has 1 amide bonds. The molecule has 0 bridgehead atoms. The molecule has 1 heterocycles. The molecule has 0 fully saturated rings. The van der Waals surface area contributed by atoms with Crippen molar-refractivity contribution >= 4 is 5.91 Å². The molecule has 0 saturated heterocycles. The van der Waals surface area contributed by atoms with Gasteiger partial charge < -0.3 is 10.1 Å². The van der Waals surface area contributed by atoms with Gasteiger partial charge in [-0.3, -0.25) is 4.79 Å². The maximum atomic E-state index is 12.4. The average molecular weight is 373 g/mol. The fourth-order valence-corrected chi connectivity index (χ4v) is 2.46. The second kappa shape index (κ2) is 8.84. The number of halogens is 2. The van der Waals surface area contributed by atoms with Gasteiger partial charge in [-0.15, -0.1) is 10.2 Å². The summed E-state index contributed by atoms with van der Waals surface area (Å²) in [4.78, 5) is 13.2. The molecule has 1 aromatic heterocycles. The summed E-state index contributed by atoms with van der Waals surface area (Å²) in [6, 6.07) is 15.8. The largest absolute Gasteiger partial charge is 0.435 e. The normalized spacial score (nSPS) is 10.8. The molecule has 140 valence electrons. The number of nitrogens with one attached hydrogen (secondary N) is 1. The highest BCUT2D eigenvalue weighted by Crippen LogP contribution is 2.20. The predicted octanol–water partition coefficient (Wildman–Crippen LogP) is 2.30. The first-order valence-electron chi connectivity index (χ1n) is 8.24. The van der Waals surface area contributed by atoms with Crippen LogP contribution in [0.5, 0.6) is 5.75 Å². The Kier molecular flexibility index (Phi) is 6.03. The molecule has 2 aromatic carbocycles. The lowest BCUT2D eigenvalue weighted by Gasteiger charge is -2.10. The fraction of sp³-hybridized carbons (Fsp3) is 0.222. The Bertz CT molecular complexity index is 886. The number of amides is 1. The van der Waals surface area contributed by atoms with Gasteiger partial charge in [-0.25, -0.2) is 0 Å². The molecule has 9 heteroatoms. The number of benzene rings is 2. The zero-order valence-corrected chi connectivity index (χ0v) is 14.3. The molecule has 0 aliphatic carbocycles. The summed E-state index contributed by atoms with van der Waals surface area (Å²) < 4.78 is 29.3. The van der Waals surface area contributed by atoms with Crippen molar-refractivity contribution < 1.29 is 18.3 Å². The summed E-state index contributed by atoms with van der Waals surface area (Å²) >= 11 is 0. The number of rotatable bonds is 8. The highest BCUT2D eigenvalue weighted by molar-refractivity contribution is 5.75. The number of ether oxygens (including phenoxy) is 1. The smallest absolute Gasteiger partial charge is 0.387 e. The van der Waals surface area contributed by atoms with E-state index in [1.54, 1.807) is 18.2 Å². The van der Waals surface area contributed by atoms with Gasteiger partial charge in [-0.2, -0.15) is 13.6 Å². The van der Waals surface area contributed by atoms with E-state index in [4.69, 9.17) is 0 Å². The molecule has 0 unspecified atom stereocenters. The number of carbonyl (C=O) groups excluding carboxylic acids is 1. The quantitative estimate of drug-likeness (QED) is 0.655. The van der Waals surface area contributed by atoms with Gasteiger partial charge >= 0.3 is 6.61 Å². The molecule has 0 radical (unpaired) electrons. The van der Waals surface area contributed by atoms with Gasteiger partial charge in [0, 0.05) is 12.1 Å². The molecule has 0 aliphatic rings. The Hall–Kier alpha value is -3.36. The van der Waals surface area contributed by atoms with Crippen LogP contribution in [0.1, 0.15) is 5.56 Å². The number of aromatic nitrogens is 4. The maximum Gasteiger partial charge on any atom is 0.387 e. The Morgan fingerprint density at radius 1 is 1.11 bits per heavy atom. The summed E-state index contributed by atoms with van der Waals surface area (Å²) in [7, 11) is 0. The third kappa shape index (κ3) is 5.30. The van der Waals surface area contributed by atoms with E-state index in [0.29, 0.717) is 17.8 Å². The first kappa shape index (κ1) is 18.4. The van der Waals surface area contributed by atoms with E-state index in [9.17, 15) is 13.6 Å². The second-order valence-electron chi connectivity index (χ2n) is 5.60. The van der Waals surface area contributed by atoms with E-state index in [0.717, 1.165) is 5.56 Å². The van der Waals surface area contributed by atoms with E-state index >= 15 is 0 Å². The van der Waals surface area contributed by atoms with Gasteiger partial charge in [0.2, 0.25) is 11.7 Å². The van der Waals surface area contributed by atoms with Gasteiger partial charge in [0.05, 0.1) is 0 Å². The lowest BCUT2D eigenvalue weighted by Crippen LogP contribution is -2.30. The highest BCUT2D eigenvalue weighted by Gasteiger charge is 2.11. The Labute approximate surface area is 154 Å². The van der Waals surface area contributed by atoms with Gasteiger partial charge in [0.25, 0.3) is 0 Å². The standard InChI is InChI=1S/C18H17F2N5O2/c19-18(20)27-15-9-5-4-6-13(15)10-11-21-16(26)12-25-23-17(22-24-25)14-7-2-1-3-8-14/h1-9,18H,10-12H2,(H,21,26). The number of tetrazole rings is 1. The van der Waals surface area contributed by atoms with Gasteiger partial charge in [0.15, 0.2) is 0 Å². The minimum atomic E-state index is -2.89. The molecule has 3 aromatic rings. The Balaban J connectivity index is 1.50. The maximum absolute atomic E-state index is 12.4. The third-order valence-electron chi connectivity index (χ3n) is 3.68. The number of para-hydroxylation sites is 1. The molecule has 1 N–H and O–H groups in total. The molecule has 27 heavy (non-hydrogen) atoms. The van der Waals surface area contributed by atoms with Crippen molar-refractivity contribution in [2.24, 2.45) is 0 Å². The molecule has 0 aliphatic heterocycles. The zero-order valence-electron chi connectivity index (χ0n) is 14.3. The van der Waals surface area contributed by atoms with Crippen LogP contribution >= 0.6 is 0 Å². The number of hydrogen-bond donors (Lipinski definition) is 1. The summed E-state index contributed by atoms with van der Waals surface area (Å²) in [5.41, 5.74) is 1.39. The molecular formula is C18H17F2N5O2. The molecule has 7 nitrogen and oxygen atoms in total. The Morgan fingerprint density at radius 2 is 1.85 bits per heavy atom. The topological polar surface area (TPSA) is 81.9 Å². The van der Waals surface area contributed by atoms with Crippen molar-refractivity contribution in [3.63, 3.8) is 0 Å². The van der Waals surface area contributed by atoms with E-state index in [2.05, 4.69) is 25.5 Å². The number of hydrogen-bond acceptors (Lipinski definition) is 5. The minimum absolute atomic E-state index is 0.0883. The van der Waals surface area contributed by atoms with E-state index in [1.165, 1.54) is 10.9 Å². The molecule has 0 saturated carbocycles. The van der Waals surface area contributed by atoms with Crippen LogP contribution in [0.3, 0.4) is 0 Å². The summed E-state index contributed by atoms with van der Waals surface area (Å²) in [6.45, 7) is -2.71. The van der Waals surface area contributed by atoms with Crippen LogP contribution < -0.4 is 10.1 Å². The SMILES string of the molecule is O=C(Cn1nnc(-c2ccccc2)n1)NCCc1ccccc1OC(F)F. The van der Waals surface area contributed by atoms with Crippen molar-refractivity contribution in [2.45, 2.75) is 19.6 Å². The Morgan fingerprint density at radius 3 is 2.63 bits per heavy atom. The van der Waals surface area contributed by atoms with Crippen LogP contribution in [0.25, 0.3) is 11.4 Å². The monoisotopic (exact) mass is 373 g/mol. The van der Waals surface area contributed by atoms with Crippen molar-refractivity contribution in [3.05, 3.63) is 60.2 Å². The first-order valence-corrected chi connectivity index (χ1v) is 8.24. The third-order valence-corrected chi connectivity index (χ3v) is 3.68. The highest BCUT2D eigenvalue weighted by atomic mass is 19.3. The summed E-state index contributed by atoms with van der Waals surface area (Å²) in [6.07, 6.45) is 0.356. The minimum Gasteiger partial charge on any atom is -0.435 e. The number of carbonyl (C=O) groups is 1. The number of nitrogens with zero attached hydrogens (tertiary/aromatic N) is 4. The van der Waals surface area contributed by atoms with Crippen molar-refractivity contribution in [2.75, 3.05) is 6.54 Å². The summed E-state index contributed by atoms with van der Waals surface area (Å²) in [5, 5.41) is 14.6. The average Bonchev–Trinajstić information content (AvgIpc) is 3.12. The van der Waals surface area contributed by atoms with Crippen molar-refractivity contribution in [1.29, 1.82) is 0 Å². The lowest BCUT2D eigenvalue weighted by atomic mass is 10.1. The van der Waals surface area contributed by atoms with Crippen LogP contribution in [-0.2, 0) is 17.8 Å². The summed E-state index contributed by atoms with van der Waals surface area (Å²) in [5.74, 6) is 0.230. The van der Waals surface area contributed by atoms with E-state index < -0.39 is 6.61 Å².